The van der Waals surface area contributed by atoms with E-state index in [-0.39, 0.29) is 12.1 Å². The zero-order valence-corrected chi connectivity index (χ0v) is 19.9. The smallest absolute Gasteiger partial charge is 0.410 e. The quantitative estimate of drug-likeness (QED) is 0.366. The van der Waals surface area contributed by atoms with Crippen molar-refractivity contribution in [3.05, 3.63) is 18.5 Å². The van der Waals surface area contributed by atoms with Crippen LogP contribution >= 0.6 is 0 Å². The molecule has 2 saturated heterocycles. The van der Waals surface area contributed by atoms with Gasteiger partial charge in [0.2, 0.25) is 5.95 Å². The zero-order chi connectivity index (χ0) is 23.0. The third-order valence-corrected chi connectivity index (χ3v) is 5.33. The van der Waals surface area contributed by atoms with Gasteiger partial charge in [0.15, 0.2) is 5.96 Å². The second-order valence-electron chi connectivity index (χ2n) is 9.22. The molecule has 2 fully saturated rings. The van der Waals surface area contributed by atoms with Crippen LogP contribution in [0.25, 0.3) is 0 Å². The molecule has 1 aromatic rings. The van der Waals surface area contributed by atoms with Gasteiger partial charge in [-0.1, -0.05) is 0 Å². The summed E-state index contributed by atoms with van der Waals surface area (Å²) in [5, 5.41) is 6.72. The van der Waals surface area contributed by atoms with E-state index in [1.807, 2.05) is 26.8 Å². The van der Waals surface area contributed by atoms with Gasteiger partial charge in [-0.25, -0.2) is 14.8 Å². The summed E-state index contributed by atoms with van der Waals surface area (Å²) in [6.07, 6.45) is 4.34. The number of carbonyl (C=O) groups excluding carboxylic acids is 1. The van der Waals surface area contributed by atoms with E-state index in [0.717, 1.165) is 64.1 Å². The molecule has 0 saturated carbocycles. The number of ether oxygens (including phenoxy) is 1. The van der Waals surface area contributed by atoms with Crippen molar-refractivity contribution < 1.29 is 9.53 Å². The molecule has 0 aliphatic carbocycles. The van der Waals surface area contributed by atoms with Gasteiger partial charge in [-0.3, -0.25) is 9.89 Å². The van der Waals surface area contributed by atoms with E-state index in [1.165, 1.54) is 0 Å². The van der Waals surface area contributed by atoms with Crippen LogP contribution < -0.4 is 15.5 Å². The first-order valence-electron chi connectivity index (χ1n) is 11.6. The lowest BCUT2D eigenvalue weighted by Gasteiger charge is -2.40. The summed E-state index contributed by atoms with van der Waals surface area (Å²) in [5.74, 6) is 1.63. The molecule has 0 spiro atoms. The molecule has 0 aromatic carbocycles. The van der Waals surface area contributed by atoms with Gasteiger partial charge in [0.1, 0.15) is 5.60 Å². The Morgan fingerprint density at radius 3 is 2.50 bits per heavy atom. The Balaban J connectivity index is 1.33. The molecule has 2 aliphatic heterocycles. The number of nitrogens with one attached hydrogen (secondary N) is 2. The number of hydrogen-bond donors (Lipinski definition) is 2. The van der Waals surface area contributed by atoms with E-state index in [1.54, 1.807) is 17.3 Å². The van der Waals surface area contributed by atoms with Crippen molar-refractivity contribution in [3.8, 4) is 0 Å². The molecule has 178 valence electrons. The SMILES string of the molecule is CCNC(=NCCCN1CCN(c2ncccn2)CC1)NC1CN(C(=O)OC(C)(C)C)C1. The van der Waals surface area contributed by atoms with Crippen LogP contribution in [0.3, 0.4) is 0 Å². The third kappa shape index (κ3) is 7.51. The maximum absolute atomic E-state index is 12.1. The lowest BCUT2D eigenvalue weighted by Crippen LogP contribution is -2.63. The highest BCUT2D eigenvalue weighted by atomic mass is 16.6. The predicted molar refractivity (Wildman–Crippen MR) is 126 cm³/mol. The van der Waals surface area contributed by atoms with Gasteiger partial charge in [0.25, 0.3) is 0 Å². The summed E-state index contributed by atoms with van der Waals surface area (Å²) in [5.41, 5.74) is -0.464. The minimum absolute atomic E-state index is 0.202. The van der Waals surface area contributed by atoms with Gasteiger partial charge in [0, 0.05) is 71.3 Å². The van der Waals surface area contributed by atoms with Crippen molar-refractivity contribution in [2.45, 2.75) is 45.8 Å². The maximum atomic E-state index is 12.1. The number of carbonyl (C=O) groups is 1. The van der Waals surface area contributed by atoms with Crippen LogP contribution in [0.15, 0.2) is 23.5 Å². The Hall–Kier alpha value is -2.62. The first kappa shape index (κ1) is 24.0. The Labute approximate surface area is 191 Å². The lowest BCUT2D eigenvalue weighted by molar-refractivity contribution is 0.00700. The summed E-state index contributed by atoms with van der Waals surface area (Å²) in [6.45, 7) is 15.5. The van der Waals surface area contributed by atoms with Crippen LogP contribution in [0.5, 0.6) is 0 Å². The van der Waals surface area contributed by atoms with E-state index in [0.29, 0.717) is 13.1 Å². The summed E-state index contributed by atoms with van der Waals surface area (Å²) in [4.78, 5) is 31.9. The average molecular weight is 447 g/mol. The molecule has 2 N–H and O–H groups in total. The Kier molecular flexibility index (Phi) is 8.49. The second-order valence-corrected chi connectivity index (χ2v) is 9.22. The van der Waals surface area contributed by atoms with Gasteiger partial charge < -0.3 is 25.2 Å². The number of rotatable bonds is 7. The van der Waals surface area contributed by atoms with Crippen molar-refractivity contribution in [1.29, 1.82) is 0 Å². The highest BCUT2D eigenvalue weighted by Gasteiger charge is 2.34. The van der Waals surface area contributed by atoms with Crippen LogP contribution in [0, 0.1) is 0 Å². The number of anilines is 1. The zero-order valence-electron chi connectivity index (χ0n) is 19.9. The summed E-state index contributed by atoms with van der Waals surface area (Å²) in [7, 11) is 0. The molecule has 1 amide bonds. The number of aliphatic imine (C=N–C) groups is 1. The van der Waals surface area contributed by atoms with E-state index in [9.17, 15) is 4.79 Å². The molecule has 0 radical (unpaired) electrons. The molecule has 3 rings (SSSR count). The first-order chi connectivity index (χ1) is 15.3. The van der Waals surface area contributed by atoms with Gasteiger partial charge >= 0.3 is 6.09 Å². The third-order valence-electron chi connectivity index (χ3n) is 5.33. The van der Waals surface area contributed by atoms with Gasteiger partial charge in [-0.15, -0.1) is 0 Å². The first-order valence-corrected chi connectivity index (χ1v) is 11.6. The molecule has 2 aliphatic rings. The van der Waals surface area contributed by atoms with Gasteiger partial charge in [-0.05, 0) is 40.2 Å². The lowest BCUT2D eigenvalue weighted by atomic mass is 10.1. The van der Waals surface area contributed by atoms with Gasteiger partial charge in [0.05, 0.1) is 6.04 Å². The van der Waals surface area contributed by atoms with E-state index < -0.39 is 5.60 Å². The normalized spacial score (nSPS) is 18.3. The van der Waals surface area contributed by atoms with Gasteiger partial charge in [-0.2, -0.15) is 0 Å². The second kappa shape index (κ2) is 11.3. The number of likely N-dealkylation sites (tertiary alicyclic amines) is 1. The van der Waals surface area contributed by atoms with Crippen LogP contribution in [0.1, 0.15) is 34.1 Å². The summed E-state index contributed by atoms with van der Waals surface area (Å²) in [6, 6.07) is 2.05. The highest BCUT2D eigenvalue weighted by Crippen LogP contribution is 2.15. The number of piperazine rings is 1. The van der Waals surface area contributed by atoms with Crippen molar-refractivity contribution in [3.63, 3.8) is 0 Å². The molecule has 3 heterocycles. The molecule has 32 heavy (non-hydrogen) atoms. The minimum Gasteiger partial charge on any atom is -0.444 e. The number of nitrogens with zero attached hydrogens (tertiary/aromatic N) is 6. The highest BCUT2D eigenvalue weighted by molar-refractivity contribution is 5.80. The predicted octanol–water partition coefficient (Wildman–Crippen LogP) is 1.16. The van der Waals surface area contributed by atoms with Crippen LogP contribution in [0.2, 0.25) is 0 Å². The molecule has 10 nitrogen and oxygen atoms in total. The van der Waals surface area contributed by atoms with Crippen LogP contribution in [-0.4, -0.2) is 102 Å². The number of aromatic nitrogens is 2. The van der Waals surface area contributed by atoms with E-state index in [2.05, 4.69) is 37.3 Å². The Morgan fingerprint density at radius 2 is 1.88 bits per heavy atom. The monoisotopic (exact) mass is 446 g/mol. The standard InChI is InChI=1S/C22H38N8O2/c1-5-23-19(27-18-16-30(17-18)21(31)32-22(2,3)4)24-10-7-11-28-12-14-29(15-13-28)20-25-8-6-9-26-20/h6,8-9,18H,5,7,10-17H2,1-4H3,(H2,23,24,27). The largest absolute Gasteiger partial charge is 0.444 e. The van der Waals surface area contributed by atoms with E-state index >= 15 is 0 Å². The van der Waals surface area contributed by atoms with E-state index in [4.69, 9.17) is 9.73 Å². The molecule has 0 atom stereocenters. The fourth-order valence-corrected chi connectivity index (χ4v) is 3.67. The molecular weight excluding hydrogens is 408 g/mol. The number of hydrogen-bond acceptors (Lipinski definition) is 7. The topological polar surface area (TPSA) is 98.2 Å². The fraction of sp³-hybridized carbons (Fsp3) is 0.727. The van der Waals surface area contributed by atoms with Crippen molar-refractivity contribution in [2.24, 2.45) is 4.99 Å². The van der Waals surface area contributed by atoms with Crippen LogP contribution in [0.4, 0.5) is 10.7 Å². The Bertz CT molecular complexity index is 738. The molecule has 0 bridgehead atoms. The number of amides is 1. The van der Waals surface area contributed by atoms with Crippen molar-refractivity contribution >= 4 is 18.0 Å². The minimum atomic E-state index is -0.464. The Morgan fingerprint density at radius 1 is 1.19 bits per heavy atom. The van der Waals surface area contributed by atoms with Crippen molar-refractivity contribution in [1.82, 2.24) is 30.4 Å². The fourth-order valence-electron chi connectivity index (χ4n) is 3.67. The summed E-state index contributed by atoms with van der Waals surface area (Å²) < 4.78 is 5.41. The molecule has 10 heteroatoms. The van der Waals surface area contributed by atoms with Crippen molar-refractivity contribution in [2.75, 3.05) is 63.8 Å². The molecular formula is C22H38N8O2. The van der Waals surface area contributed by atoms with Crippen LogP contribution in [-0.2, 0) is 4.74 Å². The number of guanidine groups is 1. The average Bonchev–Trinajstić information content (AvgIpc) is 2.73. The molecule has 1 aromatic heterocycles. The summed E-state index contributed by atoms with van der Waals surface area (Å²) >= 11 is 0. The molecule has 0 unspecified atom stereocenters. The maximum Gasteiger partial charge on any atom is 0.410 e.